The van der Waals surface area contributed by atoms with Gasteiger partial charge >= 0.3 is 6.09 Å². The van der Waals surface area contributed by atoms with Crippen molar-refractivity contribution in [2.45, 2.75) is 51.2 Å². The molecule has 1 saturated carbocycles. The Kier molecular flexibility index (Phi) is 3.93. The summed E-state index contributed by atoms with van der Waals surface area (Å²) in [4.78, 5) is 11.6. The summed E-state index contributed by atoms with van der Waals surface area (Å²) < 4.78 is 32.3. The lowest BCUT2D eigenvalue weighted by Gasteiger charge is -2.20. The third kappa shape index (κ3) is 4.39. The van der Waals surface area contributed by atoms with Crippen LogP contribution in [0.25, 0.3) is 0 Å². The molecular weight excluding hydrogens is 280 g/mol. The van der Waals surface area contributed by atoms with Crippen LogP contribution < -0.4 is 5.32 Å². The molecule has 0 spiro atoms. The highest BCUT2D eigenvalue weighted by Gasteiger charge is 2.40. The minimum atomic E-state index is -1.15. The number of carbonyl (C=O) groups excluding carboxylic acids is 1. The SMILES string of the molecule is CC(C)(C)OC(=O)Nc1cc(CC2(O)CC2)cc(F)c1F. The summed E-state index contributed by atoms with van der Waals surface area (Å²) in [5, 5.41) is 12.0. The molecule has 1 fully saturated rings. The Bertz CT molecular complexity index is 563. The standard InChI is InChI=1S/C15H19F2NO3/c1-14(2,3)21-13(19)18-11-7-9(6-10(16)12(11)17)8-15(20)4-5-15/h6-7,20H,4-5,8H2,1-3H3,(H,18,19). The fourth-order valence-electron chi connectivity index (χ4n) is 1.95. The zero-order chi connectivity index (χ0) is 15.8. The van der Waals surface area contributed by atoms with E-state index < -0.39 is 28.9 Å². The summed E-state index contributed by atoms with van der Waals surface area (Å²) >= 11 is 0. The van der Waals surface area contributed by atoms with Crippen LogP contribution in [0.1, 0.15) is 39.2 Å². The van der Waals surface area contributed by atoms with E-state index in [0.717, 1.165) is 6.07 Å². The monoisotopic (exact) mass is 299 g/mol. The van der Waals surface area contributed by atoms with Gasteiger partial charge in [0, 0.05) is 6.42 Å². The molecule has 0 aromatic heterocycles. The lowest BCUT2D eigenvalue weighted by Crippen LogP contribution is -2.27. The molecule has 1 aliphatic carbocycles. The number of rotatable bonds is 3. The molecule has 0 unspecified atom stereocenters. The van der Waals surface area contributed by atoms with Crippen LogP contribution >= 0.6 is 0 Å². The second-order valence-electron chi connectivity index (χ2n) is 6.47. The largest absolute Gasteiger partial charge is 0.444 e. The van der Waals surface area contributed by atoms with Gasteiger partial charge in [-0.15, -0.1) is 0 Å². The average molecular weight is 299 g/mol. The van der Waals surface area contributed by atoms with Gasteiger partial charge in [0.1, 0.15) is 5.60 Å². The molecule has 0 radical (unpaired) electrons. The normalized spacial score (nSPS) is 16.5. The van der Waals surface area contributed by atoms with Crippen LogP contribution in [0.5, 0.6) is 0 Å². The van der Waals surface area contributed by atoms with Crippen LogP contribution in [0.2, 0.25) is 0 Å². The van der Waals surface area contributed by atoms with E-state index in [4.69, 9.17) is 4.74 Å². The number of carbonyl (C=O) groups is 1. The molecule has 1 amide bonds. The van der Waals surface area contributed by atoms with Gasteiger partial charge in [-0.05, 0) is 51.3 Å². The van der Waals surface area contributed by atoms with Crippen molar-refractivity contribution in [2.24, 2.45) is 0 Å². The molecular formula is C15H19F2NO3. The molecule has 1 aromatic carbocycles. The predicted molar refractivity (Wildman–Crippen MR) is 74.1 cm³/mol. The van der Waals surface area contributed by atoms with Gasteiger partial charge in [0.2, 0.25) is 0 Å². The van der Waals surface area contributed by atoms with Crippen LogP contribution in [0.15, 0.2) is 12.1 Å². The van der Waals surface area contributed by atoms with Crippen molar-refractivity contribution in [3.8, 4) is 0 Å². The maximum atomic E-state index is 13.7. The minimum absolute atomic E-state index is 0.229. The van der Waals surface area contributed by atoms with E-state index in [0.29, 0.717) is 18.4 Å². The van der Waals surface area contributed by atoms with Crippen LogP contribution in [0.4, 0.5) is 19.3 Å². The van der Waals surface area contributed by atoms with Crippen LogP contribution in [0, 0.1) is 11.6 Å². The molecule has 1 aromatic rings. The Morgan fingerprint density at radius 1 is 1.38 bits per heavy atom. The van der Waals surface area contributed by atoms with Crippen molar-refractivity contribution in [3.05, 3.63) is 29.3 Å². The van der Waals surface area contributed by atoms with E-state index in [1.165, 1.54) is 6.07 Å². The number of benzene rings is 1. The van der Waals surface area contributed by atoms with Gasteiger partial charge in [-0.2, -0.15) is 0 Å². The Hall–Kier alpha value is -1.69. The molecule has 21 heavy (non-hydrogen) atoms. The van der Waals surface area contributed by atoms with Gasteiger partial charge in [0.25, 0.3) is 0 Å². The van der Waals surface area contributed by atoms with Gasteiger partial charge in [-0.25, -0.2) is 13.6 Å². The summed E-state index contributed by atoms with van der Waals surface area (Å²) in [6, 6.07) is 2.35. The predicted octanol–water partition coefficient (Wildman–Crippen LogP) is 3.38. The van der Waals surface area contributed by atoms with E-state index in [1.807, 2.05) is 0 Å². The lowest BCUT2D eigenvalue weighted by atomic mass is 10.1. The topological polar surface area (TPSA) is 58.6 Å². The van der Waals surface area contributed by atoms with Crippen molar-refractivity contribution in [3.63, 3.8) is 0 Å². The smallest absolute Gasteiger partial charge is 0.412 e. The Labute approximate surface area is 122 Å². The van der Waals surface area contributed by atoms with E-state index in [9.17, 15) is 18.7 Å². The molecule has 116 valence electrons. The first-order valence-electron chi connectivity index (χ1n) is 6.78. The van der Waals surface area contributed by atoms with E-state index in [2.05, 4.69) is 5.32 Å². The lowest BCUT2D eigenvalue weighted by molar-refractivity contribution is 0.0635. The number of hydrogen-bond acceptors (Lipinski definition) is 3. The average Bonchev–Trinajstić information content (AvgIpc) is 3.00. The Balaban J connectivity index is 2.16. The van der Waals surface area contributed by atoms with Crippen molar-refractivity contribution >= 4 is 11.8 Å². The van der Waals surface area contributed by atoms with Gasteiger partial charge in [-0.1, -0.05) is 0 Å². The fourth-order valence-corrected chi connectivity index (χ4v) is 1.95. The number of amides is 1. The number of nitrogens with one attached hydrogen (secondary N) is 1. The van der Waals surface area contributed by atoms with Gasteiger partial charge < -0.3 is 9.84 Å². The first-order chi connectivity index (χ1) is 9.58. The number of anilines is 1. The summed E-state index contributed by atoms with van der Waals surface area (Å²) in [5.74, 6) is -2.21. The van der Waals surface area contributed by atoms with Crippen molar-refractivity contribution < 1.29 is 23.4 Å². The Morgan fingerprint density at radius 2 is 2.00 bits per heavy atom. The zero-order valence-corrected chi connectivity index (χ0v) is 12.3. The first kappa shape index (κ1) is 15.7. The Morgan fingerprint density at radius 3 is 2.52 bits per heavy atom. The summed E-state index contributed by atoms with van der Waals surface area (Å²) in [5.41, 5.74) is -1.42. The number of hydrogen-bond donors (Lipinski definition) is 2. The molecule has 6 heteroatoms. The van der Waals surface area contributed by atoms with Gasteiger partial charge in [0.15, 0.2) is 11.6 Å². The maximum Gasteiger partial charge on any atom is 0.412 e. The third-order valence-corrected chi connectivity index (χ3v) is 3.08. The van der Waals surface area contributed by atoms with Crippen LogP contribution in [-0.2, 0) is 11.2 Å². The van der Waals surface area contributed by atoms with E-state index >= 15 is 0 Å². The number of halogens is 2. The van der Waals surface area contributed by atoms with Crippen molar-refractivity contribution in [1.29, 1.82) is 0 Å². The molecule has 2 N–H and O–H groups in total. The second kappa shape index (κ2) is 5.26. The van der Waals surface area contributed by atoms with Crippen LogP contribution in [0.3, 0.4) is 0 Å². The minimum Gasteiger partial charge on any atom is -0.444 e. The highest BCUT2D eigenvalue weighted by Crippen LogP contribution is 2.39. The highest BCUT2D eigenvalue weighted by molar-refractivity contribution is 5.85. The maximum absolute atomic E-state index is 13.7. The number of aliphatic hydroxyl groups is 1. The quantitative estimate of drug-likeness (QED) is 0.899. The summed E-state index contributed by atoms with van der Waals surface area (Å²) in [6.45, 7) is 5.01. The second-order valence-corrected chi connectivity index (χ2v) is 6.47. The van der Waals surface area contributed by atoms with E-state index in [1.54, 1.807) is 20.8 Å². The molecule has 4 nitrogen and oxygen atoms in total. The summed E-state index contributed by atoms with van der Waals surface area (Å²) in [7, 11) is 0. The zero-order valence-electron chi connectivity index (χ0n) is 12.3. The number of ether oxygens (including phenoxy) is 1. The fraction of sp³-hybridized carbons (Fsp3) is 0.533. The van der Waals surface area contributed by atoms with Crippen molar-refractivity contribution in [1.82, 2.24) is 0 Å². The first-order valence-corrected chi connectivity index (χ1v) is 6.78. The third-order valence-electron chi connectivity index (χ3n) is 3.08. The molecule has 2 rings (SSSR count). The summed E-state index contributed by atoms with van der Waals surface area (Å²) in [6.07, 6.45) is 0.651. The molecule has 0 aliphatic heterocycles. The molecule has 1 aliphatic rings. The van der Waals surface area contributed by atoms with Gasteiger partial charge in [-0.3, -0.25) is 5.32 Å². The highest BCUT2D eigenvalue weighted by atomic mass is 19.2. The van der Waals surface area contributed by atoms with E-state index in [-0.39, 0.29) is 12.1 Å². The van der Waals surface area contributed by atoms with Gasteiger partial charge in [0.05, 0.1) is 11.3 Å². The molecule has 0 heterocycles. The molecule has 0 saturated heterocycles. The molecule has 0 atom stereocenters. The molecule has 0 bridgehead atoms. The van der Waals surface area contributed by atoms with Crippen molar-refractivity contribution in [2.75, 3.05) is 5.32 Å². The van der Waals surface area contributed by atoms with Crippen LogP contribution in [-0.4, -0.2) is 22.4 Å².